The highest BCUT2D eigenvalue weighted by molar-refractivity contribution is 6.27. The molecule has 5 nitrogen and oxygen atoms in total. The van der Waals surface area contributed by atoms with Gasteiger partial charge in [-0.3, -0.25) is 4.40 Å². The van der Waals surface area contributed by atoms with Crippen molar-refractivity contribution in [2.24, 2.45) is 0 Å². The summed E-state index contributed by atoms with van der Waals surface area (Å²) in [5.74, 6) is 1.84. The minimum Gasteiger partial charge on any atom is -0.456 e. The number of nitrogens with zero attached hydrogens (tertiary/aromatic N) is 4. The topological polar surface area (TPSA) is 34.3 Å². The molecule has 0 aliphatic carbocycles. The predicted octanol–water partition coefficient (Wildman–Crippen LogP) is 8.53. The number of imidazole rings is 1. The van der Waals surface area contributed by atoms with Crippen LogP contribution in [0.5, 0.6) is 11.5 Å². The van der Waals surface area contributed by atoms with Gasteiger partial charge in [-0.1, -0.05) is 48.5 Å². The molecule has 13 rings (SSSR count). The zero-order valence-corrected chi connectivity index (χ0v) is 24.9. The highest BCUT2D eigenvalue weighted by Crippen LogP contribution is 2.57. The molecule has 1 atom stereocenters. The second-order valence-corrected chi connectivity index (χ2v) is 13.1. The molecule has 10 aromatic rings. The van der Waals surface area contributed by atoms with E-state index in [1.807, 2.05) is 0 Å². The smallest absolute Gasteiger partial charge is 0.425 e. The van der Waals surface area contributed by atoms with E-state index in [4.69, 9.17) is 9.72 Å². The Balaban J connectivity index is 1.27. The van der Waals surface area contributed by atoms with Gasteiger partial charge in [-0.15, -0.1) is 9.13 Å². The second kappa shape index (κ2) is 7.38. The van der Waals surface area contributed by atoms with Crippen molar-refractivity contribution in [3.63, 3.8) is 0 Å². The summed E-state index contributed by atoms with van der Waals surface area (Å²) >= 11 is 0. The summed E-state index contributed by atoms with van der Waals surface area (Å²) in [4.78, 5) is 5.35. The quantitative estimate of drug-likeness (QED) is 0.130. The fourth-order valence-electron chi connectivity index (χ4n) is 9.51. The van der Waals surface area contributed by atoms with Crippen LogP contribution in [0.15, 0.2) is 134 Å². The standard InChI is InChI=1S/C42H22N4O/c1-2-11-27-23(9-1)24-10-3-4-15-33(24)46-34-22-30-25-17-18-36-39-37(25)40-26(29(30)21-31(34)43-41(27)46)13-8-20-45(40)42(39)38-28(12-7-16-35(38)47-36)32-14-5-6-19-44(32)42/h1-22H/q+2. The number of hydrogen-bond acceptors (Lipinski definition) is 2. The maximum absolute atomic E-state index is 6.79. The minimum atomic E-state index is -0.571. The number of hydrogen-bond donors (Lipinski definition) is 0. The molecule has 0 fully saturated rings. The van der Waals surface area contributed by atoms with Gasteiger partial charge < -0.3 is 4.74 Å². The summed E-state index contributed by atoms with van der Waals surface area (Å²) in [6.07, 6.45) is 4.50. The molecule has 1 spiro atoms. The van der Waals surface area contributed by atoms with Gasteiger partial charge in [0.05, 0.1) is 32.9 Å². The fourth-order valence-corrected chi connectivity index (χ4v) is 9.51. The number of benzene rings is 6. The Hall–Kier alpha value is -6.33. The Bertz CT molecular complexity index is 3180. The molecule has 47 heavy (non-hydrogen) atoms. The molecule has 0 saturated carbocycles. The average molecular weight is 599 g/mol. The second-order valence-electron chi connectivity index (χ2n) is 13.1. The predicted molar refractivity (Wildman–Crippen MR) is 184 cm³/mol. The number of para-hydroxylation sites is 1. The molecule has 0 amide bonds. The molecule has 1 unspecified atom stereocenters. The normalized spacial score (nSPS) is 16.8. The number of pyridine rings is 3. The number of rotatable bonds is 0. The summed E-state index contributed by atoms with van der Waals surface area (Å²) in [7, 11) is 0. The first kappa shape index (κ1) is 23.1. The van der Waals surface area contributed by atoms with Crippen LogP contribution >= 0.6 is 0 Å². The van der Waals surface area contributed by atoms with Crippen molar-refractivity contribution in [3.8, 4) is 22.8 Å². The van der Waals surface area contributed by atoms with Gasteiger partial charge in [-0.25, -0.2) is 4.98 Å². The van der Waals surface area contributed by atoms with Gasteiger partial charge >= 0.3 is 5.66 Å². The van der Waals surface area contributed by atoms with Crippen molar-refractivity contribution in [2.75, 3.05) is 0 Å². The Kier molecular flexibility index (Phi) is 3.62. The van der Waals surface area contributed by atoms with Crippen LogP contribution in [-0.4, -0.2) is 9.38 Å². The van der Waals surface area contributed by atoms with Gasteiger partial charge in [0.1, 0.15) is 17.1 Å². The van der Waals surface area contributed by atoms with Crippen LogP contribution in [0.4, 0.5) is 0 Å². The lowest BCUT2D eigenvalue weighted by Gasteiger charge is -2.25. The van der Waals surface area contributed by atoms with Gasteiger partial charge in [0.25, 0.3) is 0 Å². The van der Waals surface area contributed by atoms with E-state index >= 15 is 0 Å². The van der Waals surface area contributed by atoms with Gasteiger partial charge in [0, 0.05) is 29.0 Å². The third-order valence-electron chi connectivity index (χ3n) is 11.2. The van der Waals surface area contributed by atoms with Crippen molar-refractivity contribution in [1.82, 2.24) is 9.38 Å². The largest absolute Gasteiger partial charge is 0.456 e. The molecule has 214 valence electrons. The van der Waals surface area contributed by atoms with E-state index in [0.717, 1.165) is 28.2 Å². The van der Waals surface area contributed by atoms with Crippen LogP contribution < -0.4 is 13.9 Å². The minimum absolute atomic E-state index is 0.571. The Morgan fingerprint density at radius 3 is 2.30 bits per heavy atom. The maximum Gasteiger partial charge on any atom is 0.425 e. The molecule has 7 heterocycles. The van der Waals surface area contributed by atoms with E-state index in [2.05, 4.69) is 147 Å². The van der Waals surface area contributed by atoms with Crippen molar-refractivity contribution >= 4 is 70.8 Å². The van der Waals surface area contributed by atoms with Crippen molar-refractivity contribution in [3.05, 3.63) is 145 Å². The third-order valence-corrected chi connectivity index (χ3v) is 11.2. The molecule has 3 aliphatic heterocycles. The summed E-state index contributed by atoms with van der Waals surface area (Å²) < 4.78 is 14.1. The van der Waals surface area contributed by atoms with Crippen LogP contribution in [0.25, 0.3) is 82.1 Å². The van der Waals surface area contributed by atoms with Crippen molar-refractivity contribution in [1.29, 1.82) is 0 Å². The van der Waals surface area contributed by atoms with Gasteiger partial charge in [0.15, 0.2) is 23.5 Å². The Morgan fingerprint density at radius 1 is 0.553 bits per heavy atom. The van der Waals surface area contributed by atoms with Crippen LogP contribution in [0.3, 0.4) is 0 Å². The lowest BCUT2D eigenvalue weighted by atomic mass is 9.85. The molecule has 0 bridgehead atoms. The number of fused-ring (bicyclic) bond motifs is 13. The molecule has 6 aromatic carbocycles. The molecule has 0 saturated heterocycles. The SMILES string of the molecule is c1cc2c3c(c1)-c1cccc[n+]1C31c3c(ccc4c5cc6c(cc5c5ccc[n+]1c5c34)nc1c3ccccc3c3ccccc3n61)O2. The van der Waals surface area contributed by atoms with E-state index in [0.29, 0.717) is 0 Å². The Labute approximate surface area is 266 Å². The molecular weight excluding hydrogens is 576 g/mol. The van der Waals surface area contributed by atoms with Crippen molar-refractivity contribution < 1.29 is 13.9 Å². The van der Waals surface area contributed by atoms with Crippen molar-refractivity contribution in [2.45, 2.75) is 5.66 Å². The number of aromatic nitrogens is 4. The molecule has 3 aliphatic rings. The van der Waals surface area contributed by atoms with E-state index in [1.165, 1.54) is 76.5 Å². The van der Waals surface area contributed by atoms with Crippen LogP contribution in [0.2, 0.25) is 0 Å². The van der Waals surface area contributed by atoms with Crippen LogP contribution in [0.1, 0.15) is 11.1 Å². The van der Waals surface area contributed by atoms with Gasteiger partial charge in [0.2, 0.25) is 11.2 Å². The highest BCUT2D eigenvalue weighted by atomic mass is 16.5. The average Bonchev–Trinajstić information content (AvgIpc) is 3.77. The zero-order chi connectivity index (χ0) is 30.2. The van der Waals surface area contributed by atoms with E-state index in [9.17, 15) is 0 Å². The van der Waals surface area contributed by atoms with E-state index in [-0.39, 0.29) is 0 Å². The fraction of sp³-hybridized carbons (Fsp3) is 0.0238. The molecule has 4 aromatic heterocycles. The first-order valence-electron chi connectivity index (χ1n) is 16.1. The third kappa shape index (κ3) is 2.32. The lowest BCUT2D eigenvalue weighted by molar-refractivity contribution is -0.950. The highest BCUT2D eigenvalue weighted by Gasteiger charge is 2.70. The van der Waals surface area contributed by atoms with Crippen LogP contribution in [-0.2, 0) is 5.66 Å². The first-order chi connectivity index (χ1) is 23.3. The summed E-state index contributed by atoms with van der Waals surface area (Å²) in [6.45, 7) is 0. The molecule has 0 radical (unpaired) electrons. The van der Waals surface area contributed by atoms with Gasteiger partial charge in [-0.05, 0) is 76.1 Å². The maximum atomic E-state index is 6.79. The molecule has 5 heteroatoms. The van der Waals surface area contributed by atoms with E-state index in [1.54, 1.807) is 0 Å². The number of ether oxygens (including phenoxy) is 1. The molecule has 0 N–H and O–H groups in total. The Morgan fingerprint density at radius 2 is 1.34 bits per heavy atom. The summed E-state index contributed by atoms with van der Waals surface area (Å²) in [6, 6.07) is 44.0. The van der Waals surface area contributed by atoms with E-state index < -0.39 is 5.66 Å². The summed E-state index contributed by atoms with van der Waals surface area (Å²) in [5.41, 5.74) is 9.80. The van der Waals surface area contributed by atoms with Gasteiger partial charge in [-0.2, -0.15) is 0 Å². The zero-order valence-electron chi connectivity index (χ0n) is 24.9. The summed E-state index contributed by atoms with van der Waals surface area (Å²) in [5, 5.41) is 9.80. The lowest BCUT2D eigenvalue weighted by Crippen LogP contribution is -2.71. The monoisotopic (exact) mass is 598 g/mol. The molecular formula is C42H22N4O+2. The van der Waals surface area contributed by atoms with Crippen LogP contribution in [0, 0.1) is 0 Å². The first-order valence-corrected chi connectivity index (χ1v) is 16.1.